The minimum atomic E-state index is -0.734. The third kappa shape index (κ3) is 3.31. The van der Waals surface area contributed by atoms with Gasteiger partial charge in [0, 0.05) is 23.0 Å². The van der Waals surface area contributed by atoms with Gasteiger partial charge in [-0.05, 0) is 41.5 Å². The molecule has 1 unspecified atom stereocenters. The normalized spacial score (nSPS) is 14.1. The van der Waals surface area contributed by atoms with E-state index in [1.54, 1.807) is 18.2 Å². The van der Waals surface area contributed by atoms with E-state index in [1.165, 1.54) is 0 Å². The van der Waals surface area contributed by atoms with Crippen LogP contribution in [0, 0.1) is 0 Å². The lowest BCUT2D eigenvalue weighted by Gasteiger charge is -2.13. The molecule has 0 radical (unpaired) electrons. The highest BCUT2D eigenvalue weighted by atomic mass is 79.9. The summed E-state index contributed by atoms with van der Waals surface area (Å²) in [5, 5.41) is 13.0. The molecule has 1 atom stereocenters. The number of hydrogen-bond donors (Lipinski definition) is 2. The van der Waals surface area contributed by atoms with Crippen molar-refractivity contribution in [2.75, 3.05) is 13.2 Å². The van der Waals surface area contributed by atoms with E-state index in [0.29, 0.717) is 12.2 Å². The molecule has 2 aromatic rings. The Bertz CT molecular complexity index is 702. The quantitative estimate of drug-likeness (QED) is 0.880. The van der Waals surface area contributed by atoms with Crippen LogP contribution >= 0.6 is 15.9 Å². The van der Waals surface area contributed by atoms with Crippen molar-refractivity contribution in [1.29, 1.82) is 0 Å². The highest BCUT2D eigenvalue weighted by molar-refractivity contribution is 9.10. The lowest BCUT2D eigenvalue weighted by atomic mass is 10.0. The summed E-state index contributed by atoms with van der Waals surface area (Å²) in [6.07, 6.45) is 0.127. The summed E-state index contributed by atoms with van der Waals surface area (Å²) >= 11 is 3.33. The van der Waals surface area contributed by atoms with Gasteiger partial charge in [0.05, 0.1) is 12.7 Å². The Labute approximate surface area is 137 Å². The van der Waals surface area contributed by atoms with Gasteiger partial charge in [-0.15, -0.1) is 0 Å². The second kappa shape index (κ2) is 6.50. The Hall–Kier alpha value is -1.85. The number of aliphatic hydroxyl groups excluding tert-OH is 1. The summed E-state index contributed by atoms with van der Waals surface area (Å²) in [6, 6.07) is 12.8. The summed E-state index contributed by atoms with van der Waals surface area (Å²) in [5.41, 5.74) is 2.46. The van der Waals surface area contributed by atoms with Crippen molar-refractivity contribution in [3.8, 4) is 5.75 Å². The van der Waals surface area contributed by atoms with Crippen molar-refractivity contribution in [1.82, 2.24) is 5.32 Å². The van der Waals surface area contributed by atoms with Gasteiger partial charge in [0.25, 0.3) is 5.91 Å². The Morgan fingerprint density at radius 1 is 1.32 bits per heavy atom. The summed E-state index contributed by atoms with van der Waals surface area (Å²) in [5.74, 6) is 0.680. The zero-order valence-corrected chi connectivity index (χ0v) is 13.5. The number of aliphatic hydroxyl groups is 1. The number of carbonyl (C=O) groups excluding carboxylic acids is 1. The number of hydrogen-bond acceptors (Lipinski definition) is 3. The third-order valence-electron chi connectivity index (χ3n) is 3.64. The van der Waals surface area contributed by atoms with Crippen molar-refractivity contribution < 1.29 is 14.6 Å². The van der Waals surface area contributed by atoms with Crippen LogP contribution in [0.2, 0.25) is 0 Å². The number of nitrogens with one attached hydrogen (secondary N) is 1. The van der Waals surface area contributed by atoms with Gasteiger partial charge in [-0.3, -0.25) is 4.79 Å². The molecule has 0 saturated carbocycles. The minimum Gasteiger partial charge on any atom is -0.493 e. The second-order valence-electron chi connectivity index (χ2n) is 5.20. The smallest absolute Gasteiger partial charge is 0.251 e. The molecule has 0 saturated heterocycles. The standard InChI is InChI=1S/C17H16BrNO3/c18-14-3-1-2-13(9-14)17(21)19-10-15(20)11-4-5-16-12(8-11)6-7-22-16/h1-5,8-9,15,20H,6-7,10H2,(H,19,21). The van der Waals surface area contributed by atoms with Crippen LogP contribution in [0.5, 0.6) is 5.75 Å². The average molecular weight is 362 g/mol. The molecule has 0 bridgehead atoms. The van der Waals surface area contributed by atoms with Crippen LogP contribution in [-0.4, -0.2) is 24.2 Å². The van der Waals surface area contributed by atoms with Crippen LogP contribution in [0.3, 0.4) is 0 Å². The number of carbonyl (C=O) groups is 1. The SMILES string of the molecule is O=C(NCC(O)c1ccc2c(c1)CCO2)c1cccc(Br)c1. The number of amides is 1. The third-order valence-corrected chi connectivity index (χ3v) is 4.13. The molecule has 1 aliphatic heterocycles. The van der Waals surface area contributed by atoms with Gasteiger partial charge in [0.2, 0.25) is 0 Å². The first-order chi connectivity index (χ1) is 10.6. The molecule has 0 spiro atoms. The molecular formula is C17H16BrNO3. The van der Waals surface area contributed by atoms with Gasteiger partial charge in [-0.25, -0.2) is 0 Å². The molecule has 5 heteroatoms. The number of halogens is 1. The first-order valence-electron chi connectivity index (χ1n) is 7.11. The Balaban J connectivity index is 1.62. The molecule has 2 N–H and O–H groups in total. The van der Waals surface area contributed by atoms with Crippen molar-refractivity contribution in [2.24, 2.45) is 0 Å². The second-order valence-corrected chi connectivity index (χ2v) is 6.12. The molecule has 2 aromatic carbocycles. The Morgan fingerprint density at radius 3 is 3.00 bits per heavy atom. The highest BCUT2D eigenvalue weighted by Gasteiger charge is 2.16. The fourth-order valence-electron chi connectivity index (χ4n) is 2.45. The van der Waals surface area contributed by atoms with E-state index in [2.05, 4.69) is 21.2 Å². The van der Waals surface area contributed by atoms with Crippen LogP contribution in [0.15, 0.2) is 46.9 Å². The molecule has 1 aliphatic rings. The van der Waals surface area contributed by atoms with Crippen LogP contribution < -0.4 is 10.1 Å². The summed E-state index contributed by atoms with van der Waals surface area (Å²) in [4.78, 5) is 12.1. The topological polar surface area (TPSA) is 58.6 Å². The molecule has 0 aromatic heterocycles. The van der Waals surface area contributed by atoms with Gasteiger partial charge in [0.15, 0.2) is 0 Å². The zero-order valence-electron chi connectivity index (χ0n) is 11.9. The highest BCUT2D eigenvalue weighted by Crippen LogP contribution is 2.28. The number of fused-ring (bicyclic) bond motifs is 1. The lowest BCUT2D eigenvalue weighted by Crippen LogP contribution is -2.28. The number of rotatable bonds is 4. The maximum Gasteiger partial charge on any atom is 0.251 e. The summed E-state index contributed by atoms with van der Waals surface area (Å²) in [6.45, 7) is 0.861. The molecule has 1 heterocycles. The first kappa shape index (κ1) is 15.1. The molecule has 4 nitrogen and oxygen atoms in total. The minimum absolute atomic E-state index is 0.172. The van der Waals surface area contributed by atoms with E-state index >= 15 is 0 Å². The van der Waals surface area contributed by atoms with Crippen LogP contribution in [0.4, 0.5) is 0 Å². The van der Waals surface area contributed by atoms with E-state index in [0.717, 1.165) is 27.8 Å². The van der Waals surface area contributed by atoms with Gasteiger partial charge in [-0.2, -0.15) is 0 Å². The van der Waals surface area contributed by atoms with Crippen molar-refractivity contribution >= 4 is 21.8 Å². The predicted octanol–water partition coefficient (Wildman–Crippen LogP) is 2.85. The van der Waals surface area contributed by atoms with Gasteiger partial charge < -0.3 is 15.2 Å². The lowest BCUT2D eigenvalue weighted by molar-refractivity contribution is 0.0916. The molecule has 1 amide bonds. The zero-order chi connectivity index (χ0) is 15.5. The van der Waals surface area contributed by atoms with Crippen LogP contribution in [-0.2, 0) is 6.42 Å². The van der Waals surface area contributed by atoms with E-state index in [9.17, 15) is 9.90 Å². The summed E-state index contributed by atoms with van der Waals surface area (Å²) in [7, 11) is 0. The Morgan fingerprint density at radius 2 is 2.18 bits per heavy atom. The van der Waals surface area contributed by atoms with Gasteiger partial charge in [-0.1, -0.05) is 28.1 Å². The van der Waals surface area contributed by atoms with E-state index < -0.39 is 6.10 Å². The number of ether oxygens (including phenoxy) is 1. The van der Waals surface area contributed by atoms with Crippen molar-refractivity contribution in [3.05, 3.63) is 63.6 Å². The maximum absolute atomic E-state index is 12.1. The molecule has 22 heavy (non-hydrogen) atoms. The molecule has 0 fully saturated rings. The van der Waals surface area contributed by atoms with E-state index in [-0.39, 0.29) is 12.5 Å². The predicted molar refractivity (Wildman–Crippen MR) is 87.1 cm³/mol. The fourth-order valence-corrected chi connectivity index (χ4v) is 2.85. The molecular weight excluding hydrogens is 346 g/mol. The van der Waals surface area contributed by atoms with E-state index in [4.69, 9.17) is 4.74 Å². The van der Waals surface area contributed by atoms with E-state index in [1.807, 2.05) is 24.3 Å². The first-order valence-corrected chi connectivity index (χ1v) is 7.90. The van der Waals surface area contributed by atoms with Crippen molar-refractivity contribution in [3.63, 3.8) is 0 Å². The number of benzene rings is 2. The summed E-state index contributed by atoms with van der Waals surface area (Å²) < 4.78 is 6.29. The molecule has 0 aliphatic carbocycles. The monoisotopic (exact) mass is 361 g/mol. The fraction of sp³-hybridized carbons (Fsp3) is 0.235. The largest absolute Gasteiger partial charge is 0.493 e. The van der Waals surface area contributed by atoms with Crippen LogP contribution in [0.1, 0.15) is 27.6 Å². The molecule has 114 valence electrons. The van der Waals surface area contributed by atoms with Crippen molar-refractivity contribution in [2.45, 2.75) is 12.5 Å². The molecule has 3 rings (SSSR count). The maximum atomic E-state index is 12.1. The average Bonchev–Trinajstić information content (AvgIpc) is 2.99. The van der Waals surface area contributed by atoms with Crippen LogP contribution in [0.25, 0.3) is 0 Å². The van der Waals surface area contributed by atoms with Gasteiger partial charge in [0.1, 0.15) is 5.75 Å². The van der Waals surface area contributed by atoms with Gasteiger partial charge >= 0.3 is 0 Å². The Kier molecular flexibility index (Phi) is 4.45.